The van der Waals surface area contributed by atoms with E-state index in [1.165, 1.54) is 0 Å². The summed E-state index contributed by atoms with van der Waals surface area (Å²) in [5.74, 6) is -0.881. The fourth-order valence-corrected chi connectivity index (χ4v) is 1.91. The standard InChI is InChI=1S/C11H19NO4.ClH/c1-2-16-11(15)9-3-6-12(7-4-9)8-5-10(13)14;/h9H,2-8H2,1H3,(H,13,14);1H. The van der Waals surface area contributed by atoms with E-state index < -0.39 is 5.97 Å². The summed E-state index contributed by atoms with van der Waals surface area (Å²) in [7, 11) is 0. The highest BCUT2D eigenvalue weighted by Gasteiger charge is 2.25. The predicted octanol–water partition coefficient (Wildman–Crippen LogP) is 1.16. The van der Waals surface area contributed by atoms with Gasteiger partial charge in [0.15, 0.2) is 0 Å². The second-order valence-electron chi connectivity index (χ2n) is 4.01. The number of hydrogen-bond acceptors (Lipinski definition) is 4. The molecule has 1 N–H and O–H groups in total. The van der Waals surface area contributed by atoms with E-state index in [0.29, 0.717) is 13.2 Å². The highest BCUT2D eigenvalue weighted by molar-refractivity contribution is 5.85. The summed E-state index contributed by atoms with van der Waals surface area (Å²) in [5, 5.41) is 8.55. The summed E-state index contributed by atoms with van der Waals surface area (Å²) in [5.41, 5.74) is 0. The van der Waals surface area contributed by atoms with Gasteiger partial charge >= 0.3 is 11.9 Å². The molecule has 5 nitrogen and oxygen atoms in total. The normalized spacial score (nSPS) is 17.2. The van der Waals surface area contributed by atoms with E-state index in [1.807, 2.05) is 0 Å². The SMILES string of the molecule is CCOC(=O)C1CCN(CCC(=O)O)CC1.Cl. The van der Waals surface area contributed by atoms with Crippen molar-refractivity contribution in [3.63, 3.8) is 0 Å². The second-order valence-corrected chi connectivity index (χ2v) is 4.01. The van der Waals surface area contributed by atoms with Crippen molar-refractivity contribution in [1.29, 1.82) is 0 Å². The minimum atomic E-state index is -0.771. The van der Waals surface area contributed by atoms with Gasteiger partial charge in [-0.2, -0.15) is 0 Å². The Hall–Kier alpha value is -0.810. The van der Waals surface area contributed by atoms with Crippen molar-refractivity contribution >= 4 is 24.3 Å². The van der Waals surface area contributed by atoms with E-state index in [-0.39, 0.29) is 30.7 Å². The first-order valence-electron chi connectivity index (χ1n) is 5.74. The van der Waals surface area contributed by atoms with Crippen molar-refractivity contribution in [2.75, 3.05) is 26.2 Å². The first-order valence-corrected chi connectivity index (χ1v) is 5.74. The number of hydrogen-bond donors (Lipinski definition) is 1. The smallest absolute Gasteiger partial charge is 0.309 e. The van der Waals surface area contributed by atoms with Crippen LogP contribution in [0.15, 0.2) is 0 Å². The van der Waals surface area contributed by atoms with Crippen LogP contribution in [0.5, 0.6) is 0 Å². The molecule has 17 heavy (non-hydrogen) atoms. The van der Waals surface area contributed by atoms with E-state index in [2.05, 4.69) is 4.90 Å². The zero-order valence-electron chi connectivity index (χ0n) is 10.1. The lowest BCUT2D eigenvalue weighted by molar-refractivity contribution is -0.150. The Morgan fingerprint density at radius 3 is 2.41 bits per heavy atom. The van der Waals surface area contributed by atoms with Crippen molar-refractivity contribution in [3.8, 4) is 0 Å². The molecule has 0 radical (unpaired) electrons. The number of carbonyl (C=O) groups excluding carboxylic acids is 1. The largest absolute Gasteiger partial charge is 0.481 e. The molecule has 0 aromatic carbocycles. The van der Waals surface area contributed by atoms with Crippen LogP contribution in [0.1, 0.15) is 26.2 Å². The molecule has 1 heterocycles. The van der Waals surface area contributed by atoms with Gasteiger partial charge in [0.25, 0.3) is 0 Å². The van der Waals surface area contributed by atoms with Crippen LogP contribution in [0.3, 0.4) is 0 Å². The van der Waals surface area contributed by atoms with Crippen LogP contribution in [-0.2, 0) is 14.3 Å². The number of likely N-dealkylation sites (tertiary alicyclic amines) is 1. The fraction of sp³-hybridized carbons (Fsp3) is 0.818. The molecule has 0 bridgehead atoms. The average Bonchev–Trinajstić information content (AvgIpc) is 2.27. The van der Waals surface area contributed by atoms with Crippen LogP contribution in [0.4, 0.5) is 0 Å². The van der Waals surface area contributed by atoms with Gasteiger partial charge in [-0.05, 0) is 32.9 Å². The summed E-state index contributed by atoms with van der Waals surface area (Å²) in [6, 6.07) is 0. The molecule has 6 heteroatoms. The topological polar surface area (TPSA) is 66.8 Å². The van der Waals surface area contributed by atoms with Gasteiger partial charge in [-0.15, -0.1) is 12.4 Å². The molecule has 1 fully saturated rings. The van der Waals surface area contributed by atoms with Gasteiger partial charge in [-0.25, -0.2) is 0 Å². The molecule has 1 saturated heterocycles. The first kappa shape index (κ1) is 16.2. The van der Waals surface area contributed by atoms with Gasteiger partial charge in [-0.1, -0.05) is 0 Å². The number of nitrogens with zero attached hydrogens (tertiary/aromatic N) is 1. The number of aliphatic carboxylic acids is 1. The molecule has 100 valence electrons. The highest BCUT2D eigenvalue weighted by Crippen LogP contribution is 2.18. The Bertz CT molecular complexity index is 252. The molecule has 0 amide bonds. The molecule has 0 unspecified atom stereocenters. The van der Waals surface area contributed by atoms with Crippen molar-refractivity contribution in [3.05, 3.63) is 0 Å². The summed E-state index contributed by atoms with van der Waals surface area (Å²) < 4.78 is 4.96. The summed E-state index contributed by atoms with van der Waals surface area (Å²) in [4.78, 5) is 23.9. The monoisotopic (exact) mass is 265 g/mol. The van der Waals surface area contributed by atoms with E-state index in [1.54, 1.807) is 6.92 Å². The van der Waals surface area contributed by atoms with Crippen LogP contribution < -0.4 is 0 Å². The summed E-state index contributed by atoms with van der Waals surface area (Å²) >= 11 is 0. The van der Waals surface area contributed by atoms with E-state index in [9.17, 15) is 9.59 Å². The van der Waals surface area contributed by atoms with Crippen molar-refractivity contribution < 1.29 is 19.4 Å². The number of carboxylic acids is 1. The third kappa shape index (κ3) is 5.89. The number of halogens is 1. The maximum atomic E-state index is 11.4. The van der Waals surface area contributed by atoms with E-state index in [4.69, 9.17) is 9.84 Å². The molecule has 0 aromatic rings. The lowest BCUT2D eigenvalue weighted by atomic mass is 9.97. The summed E-state index contributed by atoms with van der Waals surface area (Å²) in [6.07, 6.45) is 1.72. The van der Waals surface area contributed by atoms with Crippen LogP contribution in [0.25, 0.3) is 0 Å². The van der Waals surface area contributed by atoms with Gasteiger partial charge < -0.3 is 14.7 Å². The van der Waals surface area contributed by atoms with Gasteiger partial charge in [0.05, 0.1) is 18.9 Å². The molecule has 0 atom stereocenters. The van der Waals surface area contributed by atoms with Gasteiger partial charge in [-0.3, -0.25) is 9.59 Å². The second kappa shape index (κ2) is 8.31. The minimum Gasteiger partial charge on any atom is -0.481 e. The lowest BCUT2D eigenvalue weighted by Crippen LogP contribution is -2.38. The Morgan fingerprint density at radius 1 is 1.35 bits per heavy atom. The molecular formula is C11H20ClNO4. The van der Waals surface area contributed by atoms with Crippen molar-refractivity contribution in [1.82, 2.24) is 4.90 Å². The molecule has 0 spiro atoms. The summed E-state index contributed by atoms with van der Waals surface area (Å²) in [6.45, 7) is 4.39. The molecule has 1 rings (SSSR count). The minimum absolute atomic E-state index is 0. The van der Waals surface area contributed by atoms with E-state index in [0.717, 1.165) is 25.9 Å². The molecule has 1 aliphatic heterocycles. The number of carbonyl (C=O) groups is 2. The zero-order valence-corrected chi connectivity index (χ0v) is 10.9. The number of esters is 1. The third-order valence-electron chi connectivity index (χ3n) is 2.85. The molecule has 1 aliphatic rings. The van der Waals surface area contributed by atoms with Crippen LogP contribution >= 0.6 is 12.4 Å². The highest BCUT2D eigenvalue weighted by atomic mass is 35.5. The number of rotatable bonds is 5. The molecule has 0 saturated carbocycles. The Balaban J connectivity index is 0.00000256. The van der Waals surface area contributed by atoms with E-state index >= 15 is 0 Å². The maximum absolute atomic E-state index is 11.4. The third-order valence-corrected chi connectivity index (χ3v) is 2.85. The average molecular weight is 266 g/mol. The Morgan fingerprint density at radius 2 is 1.94 bits per heavy atom. The lowest BCUT2D eigenvalue weighted by Gasteiger charge is -2.30. The quantitative estimate of drug-likeness (QED) is 0.756. The predicted molar refractivity (Wildman–Crippen MR) is 65.3 cm³/mol. The first-order chi connectivity index (χ1) is 7.63. The van der Waals surface area contributed by atoms with Gasteiger partial charge in [0.1, 0.15) is 0 Å². The molecule has 0 aromatic heterocycles. The Labute approximate surface area is 108 Å². The number of carboxylic acid groups (broad SMARTS) is 1. The van der Waals surface area contributed by atoms with Crippen LogP contribution in [0, 0.1) is 5.92 Å². The number of ether oxygens (including phenoxy) is 1. The van der Waals surface area contributed by atoms with Gasteiger partial charge in [0, 0.05) is 6.54 Å². The fourth-order valence-electron chi connectivity index (χ4n) is 1.91. The van der Waals surface area contributed by atoms with Gasteiger partial charge in [0.2, 0.25) is 0 Å². The maximum Gasteiger partial charge on any atom is 0.309 e. The Kier molecular flexibility index (Phi) is 7.91. The van der Waals surface area contributed by atoms with Crippen molar-refractivity contribution in [2.45, 2.75) is 26.2 Å². The molecule has 0 aliphatic carbocycles. The number of piperidine rings is 1. The molecular weight excluding hydrogens is 246 g/mol. The zero-order chi connectivity index (χ0) is 12.0. The van der Waals surface area contributed by atoms with Crippen LogP contribution in [-0.4, -0.2) is 48.2 Å². The van der Waals surface area contributed by atoms with Crippen LogP contribution in [0.2, 0.25) is 0 Å². The van der Waals surface area contributed by atoms with Crippen molar-refractivity contribution in [2.24, 2.45) is 5.92 Å².